The third kappa shape index (κ3) is 16.3. The molecule has 80 heavy (non-hydrogen) atoms. The Morgan fingerprint density at radius 2 is 1.46 bits per heavy atom. The molecule has 2 unspecified atom stereocenters. The number of carbonyl (C=O) groups excluding carboxylic acids is 8. The van der Waals surface area contributed by atoms with E-state index in [0.29, 0.717) is 72.9 Å². The van der Waals surface area contributed by atoms with Crippen molar-refractivity contribution < 1.29 is 62.1 Å². The minimum atomic E-state index is -1.49. The number of pyridine rings is 2. The predicted octanol–water partition coefficient (Wildman–Crippen LogP) is 3.92. The van der Waals surface area contributed by atoms with Crippen LogP contribution in [0.1, 0.15) is 97.1 Å². The summed E-state index contributed by atoms with van der Waals surface area (Å²) in [5, 5.41) is 23.3. The molecule has 1 aliphatic carbocycles. The number of carbonyl (C=O) groups is 8. The summed E-state index contributed by atoms with van der Waals surface area (Å²) in [6.45, 7) is 13.0. The summed E-state index contributed by atoms with van der Waals surface area (Å²) < 4.78 is 30.7. The first-order valence-corrected chi connectivity index (χ1v) is 26.2. The van der Waals surface area contributed by atoms with Crippen LogP contribution in [-0.4, -0.2) is 116 Å². The molecule has 5 heterocycles. The molecule has 3 aliphatic heterocycles. The van der Waals surface area contributed by atoms with Gasteiger partial charge in [0.25, 0.3) is 17.4 Å². The molecule has 0 radical (unpaired) electrons. The minimum Gasteiger partial charge on any atom is -0.458 e. The Kier molecular flexibility index (Phi) is 23.9. The third-order valence-electron chi connectivity index (χ3n) is 12.9. The highest BCUT2D eigenvalue weighted by molar-refractivity contribution is 6.28. The van der Waals surface area contributed by atoms with Crippen molar-refractivity contribution in [3.8, 4) is 11.4 Å². The highest BCUT2D eigenvalue weighted by Crippen LogP contribution is 2.45. The molecule has 0 bridgehead atoms. The molecule has 21 nitrogen and oxygen atoms in total. The van der Waals surface area contributed by atoms with Gasteiger partial charge in [0.2, 0.25) is 30.0 Å². The van der Waals surface area contributed by atoms with Gasteiger partial charge in [-0.1, -0.05) is 68.8 Å². The molecule has 2 aromatic heterocycles. The first kappa shape index (κ1) is 62.4. The number of methoxy groups -OCH3 is 1. The van der Waals surface area contributed by atoms with Gasteiger partial charge in [-0.15, -0.1) is 0 Å². The van der Waals surface area contributed by atoms with Crippen molar-refractivity contribution in [2.45, 2.75) is 92.4 Å². The number of anilines is 1. The molecule has 9 rings (SSSR count). The molecule has 0 spiro atoms. The van der Waals surface area contributed by atoms with E-state index in [2.05, 4.69) is 57.3 Å². The van der Waals surface area contributed by atoms with Gasteiger partial charge in [0.15, 0.2) is 6.10 Å². The Bertz CT molecular complexity index is 3130. The fraction of sp³-hybridized carbons (Fsp3) is 0.379. The largest absolute Gasteiger partial charge is 0.458 e. The molecule has 7 amide bonds. The number of fused-ring (bicyclic) bond motifs is 5. The summed E-state index contributed by atoms with van der Waals surface area (Å²) in [6, 6.07) is 20.1. The summed E-state index contributed by atoms with van der Waals surface area (Å²) in [5.74, 6) is -3.32. The van der Waals surface area contributed by atoms with Crippen molar-refractivity contribution in [1.29, 1.82) is 0 Å². The van der Waals surface area contributed by atoms with Crippen molar-refractivity contribution in [3.63, 3.8) is 0 Å². The molecule has 3 aromatic carbocycles. The number of hydrogen-bond acceptors (Lipinski definition) is 14. The SMILES string of the molecule is CC.CCNC(=O)CNC(=O)CNC(=O)CNC(=O)CCc1ccc(N2C(=O)C=CC2=O)cc1.COCCOCNC=O.Cc1c(F)cc2nc3c(c4c2c1CCC4C)Cn1c-3cc2c(c1=O)COC(=O)C2O.Cc1ccccc1. The summed E-state index contributed by atoms with van der Waals surface area (Å²) in [4.78, 5) is 110. The van der Waals surface area contributed by atoms with Crippen LogP contribution in [0.4, 0.5) is 10.1 Å². The average molecular weight is 1110 g/mol. The zero-order valence-electron chi connectivity index (χ0n) is 46.0. The maximum atomic E-state index is 14.6. The first-order valence-electron chi connectivity index (χ1n) is 26.2. The summed E-state index contributed by atoms with van der Waals surface area (Å²) >= 11 is 0. The van der Waals surface area contributed by atoms with Gasteiger partial charge in [-0.3, -0.25) is 38.4 Å². The van der Waals surface area contributed by atoms with Gasteiger partial charge in [0, 0.05) is 54.8 Å². The van der Waals surface area contributed by atoms with Gasteiger partial charge in [0.05, 0.1) is 67.5 Å². The monoisotopic (exact) mass is 1100 g/mol. The van der Waals surface area contributed by atoms with E-state index in [1.54, 1.807) is 48.9 Å². The van der Waals surface area contributed by atoms with E-state index >= 15 is 0 Å². The molecule has 426 valence electrons. The number of esters is 1. The van der Waals surface area contributed by atoms with Gasteiger partial charge >= 0.3 is 5.97 Å². The van der Waals surface area contributed by atoms with Crippen LogP contribution >= 0.6 is 0 Å². The van der Waals surface area contributed by atoms with E-state index < -0.39 is 35.7 Å². The number of rotatable bonds is 17. The number of nitrogens with zero attached hydrogens (tertiary/aromatic N) is 3. The Morgan fingerprint density at radius 3 is 2.05 bits per heavy atom. The van der Waals surface area contributed by atoms with E-state index in [9.17, 15) is 52.6 Å². The highest BCUT2D eigenvalue weighted by Gasteiger charge is 2.36. The smallest absolute Gasteiger partial charge is 0.340 e. The van der Waals surface area contributed by atoms with Crippen molar-refractivity contribution in [1.82, 2.24) is 36.1 Å². The van der Waals surface area contributed by atoms with Crippen molar-refractivity contribution in [2.24, 2.45) is 0 Å². The fourth-order valence-corrected chi connectivity index (χ4v) is 8.91. The molecule has 0 saturated heterocycles. The molecule has 2 atom stereocenters. The Morgan fingerprint density at radius 1 is 0.838 bits per heavy atom. The number of ether oxygens (including phenoxy) is 3. The lowest BCUT2D eigenvalue weighted by Gasteiger charge is -2.26. The third-order valence-corrected chi connectivity index (χ3v) is 12.9. The Balaban J connectivity index is 0.000000225. The number of aromatic nitrogens is 2. The normalized spacial score (nSPS) is 14.8. The second-order valence-corrected chi connectivity index (χ2v) is 18.3. The zero-order chi connectivity index (χ0) is 58.5. The van der Waals surface area contributed by atoms with Crippen LogP contribution in [0.15, 0.2) is 83.7 Å². The second kappa shape index (κ2) is 30.6. The lowest BCUT2D eigenvalue weighted by Crippen LogP contribution is -2.44. The lowest BCUT2D eigenvalue weighted by molar-refractivity contribution is -0.157. The number of nitrogens with one attached hydrogen (secondary N) is 5. The van der Waals surface area contributed by atoms with Crippen LogP contribution < -0.4 is 37.0 Å². The Hall–Kier alpha value is -8.47. The van der Waals surface area contributed by atoms with Crippen LogP contribution in [0.3, 0.4) is 0 Å². The van der Waals surface area contributed by atoms with E-state index in [-0.39, 0.29) is 74.1 Å². The standard InChI is InChI=1S/C23H19FN2O4.C21H25N5O6.C7H8.C5H11NO3.C2H6/c1-9-3-4-11-10(2)15(24)6-16-19(11)18(9)13-7-26-17(20(13)25-16)5-12-14(22(26)28)8-30-23(29)21(12)27;1-2-22-17(28)11-24-19(30)13-25-18(29)12-23-16(27)8-5-14-3-6-15(7-4-14)26-20(31)9-10-21(26)32;1-7-5-3-2-4-6-7;1-8-2-3-9-5-6-4-7;1-2/h5-6,9,21,27H,3-4,7-8H2,1-2H3;3-4,6-7,9-10H,2,5,8,11-13H2,1H3,(H,22,28)(H,23,27)(H,24,30)(H,25,29);2-6H,1H3;4H,2-3,5H2,1H3,(H,6,7);1-2H3. The minimum absolute atomic E-state index is 0.128. The predicted molar refractivity (Wildman–Crippen MR) is 295 cm³/mol. The van der Waals surface area contributed by atoms with Crippen LogP contribution in [0.5, 0.6) is 0 Å². The van der Waals surface area contributed by atoms with Gasteiger partial charge < -0.3 is 50.5 Å². The van der Waals surface area contributed by atoms with Crippen LogP contribution in [-0.2, 0) is 78.6 Å². The maximum Gasteiger partial charge on any atom is 0.340 e. The van der Waals surface area contributed by atoms with Gasteiger partial charge in [0.1, 0.15) is 19.2 Å². The molecule has 6 N–H and O–H groups in total. The maximum absolute atomic E-state index is 14.6. The van der Waals surface area contributed by atoms with Crippen LogP contribution in [0, 0.1) is 19.7 Å². The van der Waals surface area contributed by atoms with Crippen LogP contribution in [0.25, 0.3) is 22.3 Å². The molecule has 5 aromatic rings. The number of benzene rings is 3. The topological polar surface area (TPSA) is 283 Å². The van der Waals surface area contributed by atoms with Gasteiger partial charge in [-0.2, -0.15) is 0 Å². The number of amides is 7. The van der Waals surface area contributed by atoms with Gasteiger partial charge in [-0.25, -0.2) is 19.1 Å². The van der Waals surface area contributed by atoms with Crippen molar-refractivity contribution in [3.05, 3.63) is 140 Å². The lowest BCUT2D eigenvalue weighted by atomic mass is 9.79. The molecule has 22 heteroatoms. The van der Waals surface area contributed by atoms with Crippen molar-refractivity contribution >= 4 is 64.4 Å². The molecule has 0 fully saturated rings. The molecule has 0 saturated carbocycles. The molecular formula is C58H69FN8O13. The Labute approximate surface area is 462 Å². The van der Waals surface area contributed by atoms with E-state index in [1.165, 1.54) is 23.8 Å². The number of aryl methyl sites for hydroxylation is 3. The average Bonchev–Trinajstić information content (AvgIpc) is 4.10. The summed E-state index contributed by atoms with van der Waals surface area (Å²) in [6.07, 6.45) is 3.75. The number of halogens is 1. The fourth-order valence-electron chi connectivity index (χ4n) is 8.91. The van der Waals surface area contributed by atoms with E-state index in [1.807, 2.05) is 39.0 Å². The quantitative estimate of drug-likeness (QED) is 0.0248. The zero-order valence-corrected chi connectivity index (χ0v) is 46.0. The van der Waals surface area contributed by atoms with Crippen LogP contribution in [0.2, 0.25) is 0 Å². The molecular weight excluding hydrogens is 1040 g/mol. The number of imide groups is 1. The number of cyclic esters (lactones) is 1. The number of aliphatic hydroxyl groups is 1. The van der Waals surface area contributed by atoms with Gasteiger partial charge in [-0.05, 0) is 86.4 Å². The van der Waals surface area contributed by atoms with Crippen molar-refractivity contribution in [2.75, 3.05) is 58.1 Å². The van der Waals surface area contributed by atoms with E-state index in [4.69, 9.17) is 14.5 Å². The summed E-state index contributed by atoms with van der Waals surface area (Å²) in [7, 11) is 1.59. The highest BCUT2D eigenvalue weighted by atomic mass is 19.1. The molecule has 4 aliphatic rings. The number of likely N-dealkylation sites (N-methyl/N-ethyl adjacent to an activating group) is 1. The first-order chi connectivity index (χ1) is 38.5. The second-order valence-electron chi connectivity index (χ2n) is 18.3. The number of aliphatic hydroxyl groups excluding tert-OH is 1. The summed E-state index contributed by atoms with van der Waals surface area (Å²) in [5.41, 5.74) is 8.44. The number of hydrogen-bond donors (Lipinski definition) is 6. The van der Waals surface area contributed by atoms with E-state index in [0.717, 1.165) is 45.4 Å².